The number of rotatable bonds is 2. The topological polar surface area (TPSA) is 20.2 Å². The maximum Gasteiger partial charge on any atom is 0.0732 e. The lowest BCUT2D eigenvalue weighted by molar-refractivity contribution is -0.0796. The average molecular weight is 182 g/mol. The maximum atomic E-state index is 10.5. The molecule has 0 aliphatic heterocycles. The minimum absolute atomic E-state index is 0.440. The van der Waals surface area contributed by atoms with Crippen molar-refractivity contribution in [2.24, 2.45) is 11.8 Å². The molecule has 1 aliphatic rings. The molecule has 1 aliphatic carbocycles. The first-order valence-corrected chi connectivity index (χ1v) is 5.44. The largest absolute Gasteiger partial charge is 0.389 e. The Balaban J connectivity index is 2.68. The Labute approximate surface area is 81.9 Å². The summed E-state index contributed by atoms with van der Waals surface area (Å²) in [5.41, 5.74) is -0.440. The van der Waals surface area contributed by atoms with Crippen LogP contribution in [-0.4, -0.2) is 10.7 Å². The highest BCUT2D eigenvalue weighted by atomic mass is 16.3. The van der Waals surface area contributed by atoms with Crippen LogP contribution in [0.3, 0.4) is 0 Å². The molecule has 1 fully saturated rings. The van der Waals surface area contributed by atoms with E-state index in [4.69, 9.17) is 0 Å². The van der Waals surface area contributed by atoms with Crippen molar-refractivity contribution in [2.75, 3.05) is 0 Å². The van der Waals surface area contributed by atoms with Gasteiger partial charge in [-0.05, 0) is 38.0 Å². The Bertz CT molecular complexity index is 174. The van der Waals surface area contributed by atoms with Gasteiger partial charge in [-0.3, -0.25) is 0 Å². The maximum absolute atomic E-state index is 10.5. The van der Waals surface area contributed by atoms with Gasteiger partial charge >= 0.3 is 0 Å². The van der Waals surface area contributed by atoms with Crippen molar-refractivity contribution in [3.8, 4) is 0 Å². The quantitative estimate of drug-likeness (QED) is 0.650. The Morgan fingerprint density at radius 2 is 1.85 bits per heavy atom. The van der Waals surface area contributed by atoms with E-state index in [1.54, 1.807) is 0 Å². The Kier molecular flexibility index (Phi) is 3.55. The Morgan fingerprint density at radius 3 is 2.31 bits per heavy atom. The van der Waals surface area contributed by atoms with E-state index in [1.165, 1.54) is 19.3 Å². The summed E-state index contributed by atoms with van der Waals surface area (Å²) in [5.74, 6) is 0.903. The van der Waals surface area contributed by atoms with E-state index < -0.39 is 5.60 Å². The molecular weight excluding hydrogens is 160 g/mol. The summed E-state index contributed by atoms with van der Waals surface area (Å²) in [4.78, 5) is 0. The fraction of sp³-hybridized carbons (Fsp3) is 0.833. The predicted octanol–water partition coefficient (Wildman–Crippen LogP) is 3.14. The highest BCUT2D eigenvalue weighted by molar-refractivity contribution is 4.98. The summed E-state index contributed by atoms with van der Waals surface area (Å²) in [6.45, 7) is 6.37. The van der Waals surface area contributed by atoms with E-state index in [0.29, 0.717) is 11.8 Å². The molecule has 1 N–H and O–H groups in total. The van der Waals surface area contributed by atoms with Gasteiger partial charge in [-0.15, -0.1) is 0 Å². The Hall–Kier alpha value is -0.300. The van der Waals surface area contributed by atoms with Gasteiger partial charge in [0.25, 0.3) is 0 Å². The molecule has 1 nitrogen and oxygen atoms in total. The van der Waals surface area contributed by atoms with Crippen molar-refractivity contribution in [1.82, 2.24) is 0 Å². The molecule has 13 heavy (non-hydrogen) atoms. The van der Waals surface area contributed by atoms with Crippen molar-refractivity contribution < 1.29 is 5.11 Å². The van der Waals surface area contributed by atoms with Gasteiger partial charge in [0.2, 0.25) is 0 Å². The fourth-order valence-corrected chi connectivity index (χ4v) is 2.42. The molecule has 0 spiro atoms. The van der Waals surface area contributed by atoms with Gasteiger partial charge in [-0.25, -0.2) is 0 Å². The molecule has 0 saturated heterocycles. The predicted molar refractivity (Wildman–Crippen MR) is 56.6 cm³/mol. The lowest BCUT2D eigenvalue weighted by Crippen LogP contribution is -2.45. The normalized spacial score (nSPS) is 41.2. The van der Waals surface area contributed by atoms with E-state index in [1.807, 2.05) is 13.0 Å². The smallest absolute Gasteiger partial charge is 0.0732 e. The van der Waals surface area contributed by atoms with E-state index in [-0.39, 0.29) is 0 Å². The first-order chi connectivity index (χ1) is 6.11. The standard InChI is InChI=1S/C12H22O/c1-4-5-9-12(13)10(2)7-6-8-11(12)3/h4-5,10-11,13H,6-9H2,1-3H3/b5-4+. The molecule has 1 rings (SSSR count). The second-order valence-electron chi connectivity index (χ2n) is 4.50. The van der Waals surface area contributed by atoms with Crippen LogP contribution in [0.4, 0.5) is 0 Å². The molecule has 76 valence electrons. The SMILES string of the molecule is C/C=C/CC1(O)C(C)CCCC1C. The van der Waals surface area contributed by atoms with E-state index in [2.05, 4.69) is 19.9 Å². The summed E-state index contributed by atoms with van der Waals surface area (Å²) in [7, 11) is 0. The van der Waals surface area contributed by atoms with Crippen molar-refractivity contribution in [1.29, 1.82) is 0 Å². The monoisotopic (exact) mass is 182 g/mol. The molecule has 0 heterocycles. The fourth-order valence-electron chi connectivity index (χ4n) is 2.42. The molecule has 2 unspecified atom stereocenters. The van der Waals surface area contributed by atoms with Crippen LogP contribution in [0.25, 0.3) is 0 Å². The zero-order valence-corrected chi connectivity index (χ0v) is 9.09. The van der Waals surface area contributed by atoms with Gasteiger partial charge in [-0.1, -0.05) is 32.4 Å². The molecule has 1 saturated carbocycles. The van der Waals surface area contributed by atoms with Gasteiger partial charge in [0.05, 0.1) is 5.60 Å². The third-order valence-corrected chi connectivity index (χ3v) is 3.66. The second kappa shape index (κ2) is 4.28. The summed E-state index contributed by atoms with van der Waals surface area (Å²) in [5, 5.41) is 10.5. The van der Waals surface area contributed by atoms with Crippen LogP contribution in [0, 0.1) is 11.8 Å². The van der Waals surface area contributed by atoms with E-state index in [0.717, 1.165) is 6.42 Å². The van der Waals surface area contributed by atoms with Crippen LogP contribution >= 0.6 is 0 Å². The number of hydrogen-bond donors (Lipinski definition) is 1. The minimum Gasteiger partial charge on any atom is -0.389 e. The van der Waals surface area contributed by atoms with Gasteiger partial charge in [0.15, 0.2) is 0 Å². The number of aliphatic hydroxyl groups is 1. The molecule has 0 aromatic heterocycles. The van der Waals surface area contributed by atoms with E-state index >= 15 is 0 Å². The number of hydrogen-bond acceptors (Lipinski definition) is 1. The number of allylic oxidation sites excluding steroid dienone is 1. The summed E-state index contributed by atoms with van der Waals surface area (Å²) in [6, 6.07) is 0. The highest BCUT2D eigenvalue weighted by Crippen LogP contribution is 2.40. The average Bonchev–Trinajstić information content (AvgIpc) is 2.11. The van der Waals surface area contributed by atoms with E-state index in [9.17, 15) is 5.11 Å². The summed E-state index contributed by atoms with van der Waals surface area (Å²) < 4.78 is 0. The zero-order chi connectivity index (χ0) is 9.90. The molecule has 2 atom stereocenters. The summed E-state index contributed by atoms with van der Waals surface area (Å²) >= 11 is 0. The van der Waals surface area contributed by atoms with Gasteiger partial charge in [-0.2, -0.15) is 0 Å². The van der Waals surface area contributed by atoms with Crippen molar-refractivity contribution in [2.45, 2.75) is 52.1 Å². The third-order valence-electron chi connectivity index (χ3n) is 3.66. The minimum atomic E-state index is -0.440. The van der Waals surface area contributed by atoms with Crippen LogP contribution in [0.5, 0.6) is 0 Å². The lowest BCUT2D eigenvalue weighted by atomic mass is 9.68. The van der Waals surface area contributed by atoms with Crippen molar-refractivity contribution in [3.05, 3.63) is 12.2 Å². The lowest BCUT2D eigenvalue weighted by Gasteiger charge is -2.43. The van der Waals surface area contributed by atoms with Gasteiger partial charge < -0.3 is 5.11 Å². The summed E-state index contributed by atoms with van der Waals surface area (Å²) in [6.07, 6.45) is 8.59. The second-order valence-corrected chi connectivity index (χ2v) is 4.50. The molecule has 1 heteroatoms. The molecule has 0 amide bonds. The first-order valence-electron chi connectivity index (χ1n) is 5.44. The van der Waals surface area contributed by atoms with Crippen LogP contribution in [0.15, 0.2) is 12.2 Å². The van der Waals surface area contributed by atoms with Crippen LogP contribution in [-0.2, 0) is 0 Å². The van der Waals surface area contributed by atoms with Gasteiger partial charge in [0, 0.05) is 0 Å². The molecule has 0 bridgehead atoms. The van der Waals surface area contributed by atoms with Crippen molar-refractivity contribution in [3.63, 3.8) is 0 Å². The van der Waals surface area contributed by atoms with Crippen LogP contribution in [0.2, 0.25) is 0 Å². The zero-order valence-electron chi connectivity index (χ0n) is 9.09. The van der Waals surface area contributed by atoms with Gasteiger partial charge in [0.1, 0.15) is 0 Å². The molecule has 0 radical (unpaired) electrons. The highest BCUT2D eigenvalue weighted by Gasteiger charge is 2.40. The Morgan fingerprint density at radius 1 is 1.31 bits per heavy atom. The van der Waals surface area contributed by atoms with Crippen LogP contribution in [0.1, 0.15) is 46.5 Å². The third kappa shape index (κ3) is 2.14. The van der Waals surface area contributed by atoms with Crippen molar-refractivity contribution >= 4 is 0 Å². The first kappa shape index (κ1) is 10.8. The molecular formula is C12H22O. The molecule has 0 aromatic carbocycles. The van der Waals surface area contributed by atoms with Crippen LogP contribution < -0.4 is 0 Å². The molecule has 0 aromatic rings.